The standard InChI is InChI=1S/C18H18ClFN2O3/c1-10-8-13(19)4-7-17(10)25-11(2)18(24)22-16-9-14(21-12(3)23)5-6-15(16)20/h4-9,11H,1-3H3,(H,21,23)(H,22,24). The topological polar surface area (TPSA) is 67.4 Å². The first kappa shape index (κ1) is 18.7. The predicted octanol–water partition coefficient (Wildman–Crippen LogP) is 4.15. The first-order valence-electron chi connectivity index (χ1n) is 7.57. The Kier molecular flexibility index (Phi) is 5.98. The van der Waals surface area contributed by atoms with Crippen LogP contribution >= 0.6 is 11.6 Å². The Morgan fingerprint density at radius 2 is 1.88 bits per heavy atom. The summed E-state index contributed by atoms with van der Waals surface area (Å²) in [5, 5.41) is 5.55. The number of ether oxygens (including phenoxy) is 1. The summed E-state index contributed by atoms with van der Waals surface area (Å²) in [5.41, 5.74) is 1.12. The highest BCUT2D eigenvalue weighted by Gasteiger charge is 2.18. The molecular formula is C18H18ClFN2O3. The number of rotatable bonds is 5. The molecule has 1 unspecified atom stereocenters. The van der Waals surface area contributed by atoms with Crippen molar-refractivity contribution in [2.24, 2.45) is 0 Å². The molecule has 25 heavy (non-hydrogen) atoms. The van der Waals surface area contributed by atoms with Crippen molar-refractivity contribution in [1.82, 2.24) is 0 Å². The van der Waals surface area contributed by atoms with Gasteiger partial charge in [-0.1, -0.05) is 11.6 Å². The summed E-state index contributed by atoms with van der Waals surface area (Å²) in [6.45, 7) is 4.70. The van der Waals surface area contributed by atoms with Crippen LogP contribution in [0.25, 0.3) is 0 Å². The van der Waals surface area contributed by atoms with Gasteiger partial charge in [0.1, 0.15) is 11.6 Å². The zero-order valence-electron chi connectivity index (χ0n) is 14.0. The number of hydrogen-bond donors (Lipinski definition) is 2. The number of anilines is 2. The molecule has 2 N–H and O–H groups in total. The molecule has 1 atom stereocenters. The third kappa shape index (κ3) is 5.19. The molecule has 0 bridgehead atoms. The van der Waals surface area contributed by atoms with Crippen LogP contribution in [0.1, 0.15) is 19.4 Å². The van der Waals surface area contributed by atoms with Gasteiger partial charge < -0.3 is 15.4 Å². The molecule has 132 valence electrons. The van der Waals surface area contributed by atoms with Crippen molar-refractivity contribution in [2.45, 2.75) is 26.9 Å². The maximum atomic E-state index is 13.9. The third-order valence-corrected chi connectivity index (χ3v) is 3.59. The van der Waals surface area contributed by atoms with Crippen LogP contribution in [0.15, 0.2) is 36.4 Å². The lowest BCUT2D eigenvalue weighted by atomic mass is 10.2. The van der Waals surface area contributed by atoms with E-state index in [4.69, 9.17) is 16.3 Å². The van der Waals surface area contributed by atoms with E-state index >= 15 is 0 Å². The van der Waals surface area contributed by atoms with E-state index in [1.165, 1.54) is 19.1 Å². The van der Waals surface area contributed by atoms with Gasteiger partial charge in [-0.25, -0.2) is 4.39 Å². The molecule has 0 spiro atoms. The number of carbonyl (C=O) groups is 2. The van der Waals surface area contributed by atoms with Crippen molar-refractivity contribution in [1.29, 1.82) is 0 Å². The predicted molar refractivity (Wildman–Crippen MR) is 95.6 cm³/mol. The molecule has 2 amide bonds. The molecular weight excluding hydrogens is 347 g/mol. The summed E-state index contributed by atoms with van der Waals surface area (Å²) in [5.74, 6) is -0.913. The van der Waals surface area contributed by atoms with Crippen molar-refractivity contribution in [3.05, 3.63) is 52.8 Å². The monoisotopic (exact) mass is 364 g/mol. The van der Waals surface area contributed by atoms with E-state index in [0.29, 0.717) is 16.5 Å². The van der Waals surface area contributed by atoms with Crippen molar-refractivity contribution < 1.29 is 18.7 Å². The fourth-order valence-corrected chi connectivity index (χ4v) is 2.35. The molecule has 0 saturated carbocycles. The number of halogens is 2. The lowest BCUT2D eigenvalue weighted by Gasteiger charge is -2.17. The molecule has 2 aromatic carbocycles. The number of nitrogens with one attached hydrogen (secondary N) is 2. The number of carbonyl (C=O) groups excluding carboxylic acids is 2. The molecule has 0 aromatic heterocycles. The van der Waals surface area contributed by atoms with Gasteiger partial charge in [0.15, 0.2) is 6.10 Å². The number of hydrogen-bond acceptors (Lipinski definition) is 3. The van der Waals surface area contributed by atoms with Gasteiger partial charge in [-0.2, -0.15) is 0 Å². The summed E-state index contributed by atoms with van der Waals surface area (Å²) >= 11 is 5.89. The van der Waals surface area contributed by atoms with Gasteiger partial charge in [0, 0.05) is 17.6 Å². The van der Waals surface area contributed by atoms with Gasteiger partial charge in [-0.3, -0.25) is 9.59 Å². The second-order valence-electron chi connectivity index (χ2n) is 5.53. The van der Waals surface area contributed by atoms with E-state index in [9.17, 15) is 14.0 Å². The van der Waals surface area contributed by atoms with Gasteiger partial charge in [0.05, 0.1) is 5.69 Å². The maximum Gasteiger partial charge on any atom is 0.265 e. The average Bonchev–Trinajstić information content (AvgIpc) is 2.52. The van der Waals surface area contributed by atoms with Crippen LogP contribution in [0.3, 0.4) is 0 Å². The highest BCUT2D eigenvalue weighted by molar-refractivity contribution is 6.30. The first-order chi connectivity index (χ1) is 11.8. The largest absolute Gasteiger partial charge is 0.481 e. The summed E-state index contributed by atoms with van der Waals surface area (Å²) in [4.78, 5) is 23.3. The van der Waals surface area contributed by atoms with Crippen LogP contribution in [0, 0.1) is 12.7 Å². The molecule has 7 heteroatoms. The SMILES string of the molecule is CC(=O)Nc1ccc(F)c(NC(=O)C(C)Oc2ccc(Cl)cc2C)c1. The number of aryl methyl sites for hydroxylation is 1. The van der Waals surface area contributed by atoms with Crippen molar-refractivity contribution in [3.63, 3.8) is 0 Å². The lowest BCUT2D eigenvalue weighted by molar-refractivity contribution is -0.122. The number of amides is 2. The van der Waals surface area contributed by atoms with Gasteiger partial charge >= 0.3 is 0 Å². The van der Waals surface area contributed by atoms with E-state index < -0.39 is 17.8 Å². The van der Waals surface area contributed by atoms with Crippen LogP contribution in [-0.4, -0.2) is 17.9 Å². The van der Waals surface area contributed by atoms with Gasteiger partial charge in [0.25, 0.3) is 5.91 Å². The van der Waals surface area contributed by atoms with Gasteiger partial charge in [-0.15, -0.1) is 0 Å². The van der Waals surface area contributed by atoms with Gasteiger partial charge in [0.2, 0.25) is 5.91 Å². The molecule has 0 fully saturated rings. The van der Waals surface area contributed by atoms with Crippen LogP contribution in [-0.2, 0) is 9.59 Å². The molecule has 2 aromatic rings. The van der Waals surface area contributed by atoms with Crippen molar-refractivity contribution >= 4 is 34.8 Å². The van der Waals surface area contributed by atoms with E-state index in [2.05, 4.69) is 10.6 Å². The summed E-state index contributed by atoms with van der Waals surface area (Å²) < 4.78 is 19.5. The molecule has 2 rings (SSSR count). The molecule has 5 nitrogen and oxygen atoms in total. The Labute approximate surface area is 150 Å². The maximum absolute atomic E-state index is 13.9. The van der Waals surface area contributed by atoms with Crippen LogP contribution in [0.2, 0.25) is 5.02 Å². The Hall–Kier alpha value is -2.60. The fourth-order valence-electron chi connectivity index (χ4n) is 2.13. The van der Waals surface area contributed by atoms with Crippen molar-refractivity contribution in [2.75, 3.05) is 10.6 Å². The zero-order valence-corrected chi connectivity index (χ0v) is 14.8. The van der Waals surface area contributed by atoms with Crippen LogP contribution in [0.4, 0.5) is 15.8 Å². The minimum Gasteiger partial charge on any atom is -0.481 e. The zero-order chi connectivity index (χ0) is 18.6. The smallest absolute Gasteiger partial charge is 0.265 e. The highest BCUT2D eigenvalue weighted by Crippen LogP contribution is 2.24. The Morgan fingerprint density at radius 1 is 1.16 bits per heavy atom. The van der Waals surface area contributed by atoms with E-state index in [-0.39, 0.29) is 11.6 Å². The summed E-state index contributed by atoms with van der Waals surface area (Å²) in [6.07, 6.45) is -0.858. The first-order valence-corrected chi connectivity index (χ1v) is 7.95. The second-order valence-corrected chi connectivity index (χ2v) is 5.97. The lowest BCUT2D eigenvalue weighted by Crippen LogP contribution is -2.30. The molecule has 0 saturated heterocycles. The normalized spacial score (nSPS) is 11.6. The molecule has 0 heterocycles. The van der Waals surface area contributed by atoms with Crippen LogP contribution in [0.5, 0.6) is 5.75 Å². The van der Waals surface area contributed by atoms with Crippen molar-refractivity contribution in [3.8, 4) is 5.75 Å². The molecule has 0 aliphatic rings. The van der Waals surface area contributed by atoms with E-state index in [1.807, 2.05) is 6.92 Å². The third-order valence-electron chi connectivity index (χ3n) is 3.35. The van der Waals surface area contributed by atoms with Crippen LogP contribution < -0.4 is 15.4 Å². The average molecular weight is 365 g/mol. The minimum absolute atomic E-state index is 0.0421. The number of benzene rings is 2. The van der Waals surface area contributed by atoms with E-state index in [1.54, 1.807) is 25.1 Å². The molecule has 0 radical (unpaired) electrons. The fraction of sp³-hybridized carbons (Fsp3) is 0.222. The van der Waals surface area contributed by atoms with E-state index in [0.717, 1.165) is 11.6 Å². The Balaban J connectivity index is 2.09. The quantitative estimate of drug-likeness (QED) is 0.837. The minimum atomic E-state index is -0.858. The molecule has 0 aliphatic carbocycles. The Morgan fingerprint density at radius 3 is 2.52 bits per heavy atom. The molecule has 0 aliphatic heterocycles. The summed E-state index contributed by atoms with van der Waals surface area (Å²) in [7, 11) is 0. The Bertz CT molecular complexity index is 811. The van der Waals surface area contributed by atoms with Gasteiger partial charge in [-0.05, 0) is 55.8 Å². The second kappa shape index (κ2) is 7.98. The summed E-state index contributed by atoms with van der Waals surface area (Å²) in [6, 6.07) is 8.95. The highest BCUT2D eigenvalue weighted by atomic mass is 35.5.